The monoisotopic (exact) mass is 262 g/mol. The number of hydrogen-bond acceptors (Lipinski definition) is 5. The molecule has 0 bridgehead atoms. The van der Waals surface area contributed by atoms with Crippen molar-refractivity contribution in [2.45, 2.75) is 6.92 Å². The minimum Gasteiger partial charge on any atom is -0.396 e. The summed E-state index contributed by atoms with van der Waals surface area (Å²) in [5, 5.41) is 0. The zero-order valence-corrected chi connectivity index (χ0v) is 10.9. The van der Waals surface area contributed by atoms with E-state index >= 15 is 0 Å². The minimum atomic E-state index is -0.0975. The summed E-state index contributed by atoms with van der Waals surface area (Å²) in [5.41, 5.74) is 6.97. The van der Waals surface area contributed by atoms with Crippen molar-refractivity contribution in [1.82, 2.24) is 14.9 Å². The van der Waals surface area contributed by atoms with Crippen LogP contribution < -0.4 is 5.73 Å². The van der Waals surface area contributed by atoms with Crippen molar-refractivity contribution in [3.8, 4) is 0 Å². The lowest BCUT2D eigenvalue weighted by Crippen LogP contribution is -2.30. The first-order valence-corrected chi connectivity index (χ1v) is 6.39. The average molecular weight is 262 g/mol. The van der Waals surface area contributed by atoms with Gasteiger partial charge in [-0.05, 0) is 6.92 Å². The second-order valence-electron chi connectivity index (χ2n) is 3.69. The zero-order chi connectivity index (χ0) is 13.1. The maximum Gasteiger partial charge on any atom is 0.266 e. The first kappa shape index (κ1) is 12.5. The molecule has 0 saturated carbocycles. The largest absolute Gasteiger partial charge is 0.396 e. The molecule has 0 spiro atoms. The van der Waals surface area contributed by atoms with Gasteiger partial charge in [-0.1, -0.05) is 6.08 Å². The van der Waals surface area contributed by atoms with E-state index in [1.807, 2.05) is 6.92 Å². The molecule has 0 aromatic carbocycles. The highest BCUT2D eigenvalue weighted by atomic mass is 32.1. The Morgan fingerprint density at radius 3 is 2.89 bits per heavy atom. The molecule has 5 nitrogen and oxygen atoms in total. The number of rotatable bonds is 4. The van der Waals surface area contributed by atoms with E-state index in [1.165, 1.54) is 11.3 Å². The van der Waals surface area contributed by atoms with Crippen LogP contribution in [0.15, 0.2) is 25.0 Å². The number of nitrogen functional groups attached to an aromatic ring is 1. The summed E-state index contributed by atoms with van der Waals surface area (Å²) in [5.74, 6) is -0.0975. The van der Waals surface area contributed by atoms with Crippen molar-refractivity contribution in [3.05, 3.63) is 29.9 Å². The maximum absolute atomic E-state index is 12.3. The fraction of sp³-hybridized carbons (Fsp3) is 0.250. The average Bonchev–Trinajstić information content (AvgIpc) is 2.73. The van der Waals surface area contributed by atoms with Crippen molar-refractivity contribution in [1.29, 1.82) is 0 Å². The van der Waals surface area contributed by atoms with E-state index in [0.29, 0.717) is 34.0 Å². The van der Waals surface area contributed by atoms with Crippen LogP contribution >= 0.6 is 11.3 Å². The number of likely N-dealkylation sites (N-methyl/N-ethyl adjacent to an activating group) is 1. The third-order valence-corrected chi connectivity index (χ3v) is 3.67. The lowest BCUT2D eigenvalue weighted by molar-refractivity contribution is 0.0788. The minimum absolute atomic E-state index is 0.0975. The van der Waals surface area contributed by atoms with Crippen LogP contribution in [-0.4, -0.2) is 33.9 Å². The highest BCUT2D eigenvalue weighted by molar-refractivity contribution is 7.21. The summed E-state index contributed by atoms with van der Waals surface area (Å²) in [6.07, 6.45) is 4.86. The van der Waals surface area contributed by atoms with Gasteiger partial charge in [0.05, 0.1) is 5.69 Å². The summed E-state index contributed by atoms with van der Waals surface area (Å²) >= 11 is 1.28. The van der Waals surface area contributed by atoms with E-state index in [2.05, 4.69) is 16.5 Å². The Hall–Kier alpha value is -1.95. The fourth-order valence-electron chi connectivity index (χ4n) is 1.66. The normalized spacial score (nSPS) is 10.5. The Labute approximate surface area is 109 Å². The molecule has 18 heavy (non-hydrogen) atoms. The molecule has 6 heteroatoms. The van der Waals surface area contributed by atoms with Crippen LogP contribution in [0.4, 0.5) is 5.69 Å². The van der Waals surface area contributed by atoms with Crippen LogP contribution in [0, 0.1) is 0 Å². The van der Waals surface area contributed by atoms with Gasteiger partial charge in [-0.2, -0.15) is 0 Å². The van der Waals surface area contributed by atoms with Gasteiger partial charge in [0.2, 0.25) is 0 Å². The van der Waals surface area contributed by atoms with Crippen LogP contribution in [0.2, 0.25) is 0 Å². The number of hydrogen-bond donors (Lipinski definition) is 1. The van der Waals surface area contributed by atoms with Gasteiger partial charge in [0.25, 0.3) is 5.91 Å². The lowest BCUT2D eigenvalue weighted by atomic mass is 10.3. The molecule has 94 valence electrons. The molecule has 2 rings (SSSR count). The molecule has 0 atom stereocenters. The first-order valence-electron chi connectivity index (χ1n) is 5.58. The standard InChI is InChI=1S/C12H14N4OS/c1-3-7-16(4-2)12(17)10-8(13)9-11(18-10)15-6-5-14-9/h3,5-6H,1,4,7,13H2,2H3. The summed E-state index contributed by atoms with van der Waals surface area (Å²) in [6.45, 7) is 6.68. The number of thiophene rings is 1. The SMILES string of the molecule is C=CCN(CC)C(=O)c1sc2nccnc2c1N. The predicted molar refractivity (Wildman–Crippen MR) is 73.6 cm³/mol. The van der Waals surface area contributed by atoms with E-state index in [9.17, 15) is 4.79 Å². The van der Waals surface area contributed by atoms with Crippen LogP contribution in [0.1, 0.15) is 16.6 Å². The molecular weight excluding hydrogens is 248 g/mol. The van der Waals surface area contributed by atoms with Crippen molar-refractivity contribution >= 4 is 33.3 Å². The van der Waals surface area contributed by atoms with E-state index in [-0.39, 0.29) is 5.91 Å². The Morgan fingerprint density at radius 2 is 2.28 bits per heavy atom. The number of amides is 1. The smallest absolute Gasteiger partial charge is 0.266 e. The number of nitrogens with two attached hydrogens (primary N) is 1. The van der Waals surface area contributed by atoms with E-state index in [1.54, 1.807) is 23.4 Å². The molecule has 0 saturated heterocycles. The first-order chi connectivity index (χ1) is 8.69. The summed E-state index contributed by atoms with van der Waals surface area (Å²) in [4.78, 5) is 23.5. The number of nitrogens with zero attached hydrogens (tertiary/aromatic N) is 3. The highest BCUT2D eigenvalue weighted by Crippen LogP contribution is 2.31. The third kappa shape index (κ3) is 2.06. The molecule has 0 aliphatic heterocycles. The van der Waals surface area contributed by atoms with Crippen LogP contribution in [-0.2, 0) is 0 Å². The van der Waals surface area contributed by atoms with Gasteiger partial charge in [-0.15, -0.1) is 17.9 Å². The van der Waals surface area contributed by atoms with E-state index in [0.717, 1.165) is 0 Å². The number of fused-ring (bicyclic) bond motifs is 1. The van der Waals surface area contributed by atoms with Crippen molar-refractivity contribution < 1.29 is 4.79 Å². The summed E-state index contributed by atoms with van der Waals surface area (Å²) in [6, 6.07) is 0. The quantitative estimate of drug-likeness (QED) is 0.854. The summed E-state index contributed by atoms with van der Waals surface area (Å²) in [7, 11) is 0. The maximum atomic E-state index is 12.3. The lowest BCUT2D eigenvalue weighted by Gasteiger charge is -2.18. The van der Waals surface area contributed by atoms with E-state index < -0.39 is 0 Å². The number of anilines is 1. The van der Waals surface area contributed by atoms with Gasteiger partial charge in [0.1, 0.15) is 15.2 Å². The second-order valence-corrected chi connectivity index (χ2v) is 4.69. The molecule has 0 aliphatic rings. The van der Waals surface area contributed by atoms with Gasteiger partial charge < -0.3 is 10.6 Å². The number of aromatic nitrogens is 2. The fourth-order valence-corrected chi connectivity index (χ4v) is 2.65. The molecule has 0 aliphatic carbocycles. The number of carbonyl (C=O) groups excluding carboxylic acids is 1. The third-order valence-electron chi connectivity index (χ3n) is 2.58. The molecule has 0 unspecified atom stereocenters. The molecule has 2 N–H and O–H groups in total. The Bertz CT molecular complexity index is 593. The number of carbonyl (C=O) groups is 1. The van der Waals surface area contributed by atoms with Crippen LogP contribution in [0.3, 0.4) is 0 Å². The Balaban J connectivity index is 2.44. The predicted octanol–water partition coefficient (Wildman–Crippen LogP) is 1.92. The molecule has 0 fully saturated rings. The molecule has 2 heterocycles. The van der Waals surface area contributed by atoms with Gasteiger partial charge in [0, 0.05) is 25.5 Å². The summed E-state index contributed by atoms with van der Waals surface area (Å²) < 4.78 is 0. The molecule has 2 aromatic rings. The Kier molecular flexibility index (Phi) is 3.57. The second kappa shape index (κ2) is 5.14. The molecular formula is C12H14N4OS. The van der Waals surface area contributed by atoms with Crippen molar-refractivity contribution in [3.63, 3.8) is 0 Å². The van der Waals surface area contributed by atoms with Gasteiger partial charge in [-0.3, -0.25) is 4.79 Å². The van der Waals surface area contributed by atoms with Crippen LogP contribution in [0.25, 0.3) is 10.3 Å². The van der Waals surface area contributed by atoms with Crippen molar-refractivity contribution in [2.24, 2.45) is 0 Å². The van der Waals surface area contributed by atoms with Gasteiger partial charge in [-0.25, -0.2) is 9.97 Å². The molecule has 1 amide bonds. The van der Waals surface area contributed by atoms with Gasteiger partial charge >= 0.3 is 0 Å². The molecule has 0 radical (unpaired) electrons. The topological polar surface area (TPSA) is 72.1 Å². The van der Waals surface area contributed by atoms with Crippen LogP contribution in [0.5, 0.6) is 0 Å². The zero-order valence-electron chi connectivity index (χ0n) is 10.1. The van der Waals surface area contributed by atoms with Crippen molar-refractivity contribution in [2.75, 3.05) is 18.8 Å². The molecule has 2 aromatic heterocycles. The Morgan fingerprint density at radius 1 is 1.56 bits per heavy atom. The van der Waals surface area contributed by atoms with E-state index in [4.69, 9.17) is 5.73 Å². The van der Waals surface area contributed by atoms with Gasteiger partial charge in [0.15, 0.2) is 0 Å². The highest BCUT2D eigenvalue weighted by Gasteiger charge is 2.21.